The van der Waals surface area contributed by atoms with Crippen LogP contribution in [0.1, 0.15) is 29.5 Å². The van der Waals surface area contributed by atoms with Crippen LogP contribution in [-0.2, 0) is 0 Å². The molecule has 2 heteroatoms. The Bertz CT molecular complexity index is 3140. The highest BCUT2D eigenvalue weighted by Gasteiger charge is 2.27. The van der Waals surface area contributed by atoms with Gasteiger partial charge >= 0.3 is 0 Å². The first-order chi connectivity index (χ1) is 26.6. The molecule has 258 valence electrons. The first-order valence-electron chi connectivity index (χ1n) is 18.7. The van der Waals surface area contributed by atoms with Crippen LogP contribution < -0.4 is 10.4 Å². The fourth-order valence-electron chi connectivity index (χ4n) is 9.09. The lowest BCUT2D eigenvalue weighted by Crippen LogP contribution is -2.35. The molecular formula is C52H38O2. The lowest BCUT2D eigenvalue weighted by atomic mass is 9.75. The van der Waals surface area contributed by atoms with E-state index in [0.717, 1.165) is 95.3 Å². The number of benzene rings is 6. The van der Waals surface area contributed by atoms with Gasteiger partial charge < -0.3 is 8.83 Å². The van der Waals surface area contributed by atoms with E-state index in [9.17, 15) is 0 Å². The van der Waals surface area contributed by atoms with Crippen LogP contribution in [0.15, 0.2) is 157 Å². The van der Waals surface area contributed by atoms with Crippen molar-refractivity contribution in [2.75, 3.05) is 0 Å². The minimum Gasteiger partial charge on any atom is -0.456 e. The molecule has 0 radical (unpaired) electrons. The number of allylic oxidation sites excluding steroid dienone is 6. The molecule has 0 N–H and O–H groups in total. The maximum atomic E-state index is 6.45. The minimum atomic E-state index is 0.119. The van der Waals surface area contributed by atoms with Crippen LogP contribution in [0.2, 0.25) is 0 Å². The fraction of sp³-hybridized carbons (Fsp3) is 0.0769. The van der Waals surface area contributed by atoms with Gasteiger partial charge in [0.2, 0.25) is 0 Å². The van der Waals surface area contributed by atoms with Crippen molar-refractivity contribution in [3.05, 3.63) is 175 Å². The van der Waals surface area contributed by atoms with Gasteiger partial charge in [-0.05, 0) is 121 Å². The summed E-state index contributed by atoms with van der Waals surface area (Å²) in [5, 5.41) is 9.24. The molecule has 2 heterocycles. The van der Waals surface area contributed by atoms with Gasteiger partial charge in [0.25, 0.3) is 0 Å². The monoisotopic (exact) mass is 694 g/mol. The predicted octanol–water partition coefficient (Wildman–Crippen LogP) is 13.2. The number of para-hydroxylation sites is 1. The highest BCUT2D eigenvalue weighted by atomic mass is 16.3. The topological polar surface area (TPSA) is 26.3 Å². The molecular weight excluding hydrogens is 657 g/mol. The van der Waals surface area contributed by atoms with Gasteiger partial charge in [0, 0.05) is 33.4 Å². The van der Waals surface area contributed by atoms with Crippen LogP contribution in [0, 0.1) is 11.8 Å². The summed E-state index contributed by atoms with van der Waals surface area (Å²) < 4.78 is 12.8. The van der Waals surface area contributed by atoms with Gasteiger partial charge in [-0.1, -0.05) is 116 Å². The molecule has 2 aliphatic carbocycles. The third kappa shape index (κ3) is 4.73. The Kier molecular flexibility index (Phi) is 7.42. The number of hydrogen-bond acceptors (Lipinski definition) is 2. The van der Waals surface area contributed by atoms with E-state index in [-0.39, 0.29) is 11.8 Å². The molecule has 0 amide bonds. The van der Waals surface area contributed by atoms with Gasteiger partial charge in [0.05, 0.1) is 0 Å². The number of fused-ring (bicyclic) bond motifs is 9. The smallest absolute Gasteiger partial charge is 0.136 e. The molecule has 2 aliphatic rings. The summed E-state index contributed by atoms with van der Waals surface area (Å²) in [5.41, 5.74) is 12.8. The fourth-order valence-corrected chi connectivity index (χ4v) is 9.09. The zero-order valence-corrected chi connectivity index (χ0v) is 30.1. The van der Waals surface area contributed by atoms with Crippen molar-refractivity contribution in [3.8, 4) is 22.3 Å². The van der Waals surface area contributed by atoms with Crippen molar-refractivity contribution in [2.45, 2.75) is 12.8 Å². The summed E-state index contributed by atoms with van der Waals surface area (Å²) in [5.74, 6) is 0.300. The minimum absolute atomic E-state index is 0.119. The van der Waals surface area contributed by atoms with Crippen LogP contribution >= 0.6 is 0 Å². The highest BCUT2D eigenvalue weighted by Crippen LogP contribution is 2.42. The normalized spacial score (nSPS) is 16.6. The van der Waals surface area contributed by atoms with Crippen LogP contribution in [0.25, 0.3) is 107 Å². The Balaban J connectivity index is 1.16. The average molecular weight is 695 g/mol. The molecule has 2 nitrogen and oxygen atoms in total. The number of rotatable bonds is 7. The maximum absolute atomic E-state index is 6.45. The lowest BCUT2D eigenvalue weighted by molar-refractivity contribution is 0.669. The van der Waals surface area contributed by atoms with Crippen molar-refractivity contribution in [2.24, 2.45) is 11.8 Å². The Hall–Kier alpha value is -6.64. The molecule has 2 aromatic heterocycles. The summed E-state index contributed by atoms with van der Waals surface area (Å²) in [4.78, 5) is 0. The van der Waals surface area contributed by atoms with Gasteiger partial charge in [-0.25, -0.2) is 0 Å². The largest absolute Gasteiger partial charge is 0.456 e. The Morgan fingerprint density at radius 2 is 1.28 bits per heavy atom. The molecule has 0 fully saturated rings. The molecule has 2 unspecified atom stereocenters. The van der Waals surface area contributed by atoms with Gasteiger partial charge in [0.1, 0.15) is 22.3 Å². The standard InChI is InChI=1S/C52H38O2/c1-5-31-15-14-21-40(36(31)6-2)51-38(8-4)37(7-3)50(41-19-9-10-20-42(41)51)35-17-13-16-32(27-35)33-23-25-47-45(28-33)52-43-30-49-44(29-34(43)24-26-48(52)53-47)39-18-11-12-22-46(39)54-49/h5-8,11-31,36H,1-4,9-10H2. The summed E-state index contributed by atoms with van der Waals surface area (Å²) >= 11 is 0. The zero-order chi connectivity index (χ0) is 36.5. The van der Waals surface area contributed by atoms with Crippen molar-refractivity contribution >= 4 is 84.5 Å². The molecule has 0 bridgehead atoms. The van der Waals surface area contributed by atoms with Gasteiger partial charge in [0.15, 0.2) is 0 Å². The Morgan fingerprint density at radius 3 is 2.09 bits per heavy atom. The van der Waals surface area contributed by atoms with E-state index in [2.05, 4.69) is 142 Å². The first-order valence-corrected chi connectivity index (χ1v) is 18.7. The molecule has 2 atom stereocenters. The van der Waals surface area contributed by atoms with Crippen molar-refractivity contribution in [1.82, 2.24) is 0 Å². The SMILES string of the molecule is C=Cc1c(C=C)c(-c2cccc(-c3ccc4oc5ccc6cc7c(cc6c5c4c3)oc3ccccc37)c2)c2c(c1C1=CC=CC(C=C)C1C=C)=CCCC=2. The van der Waals surface area contributed by atoms with E-state index in [0.29, 0.717) is 0 Å². The summed E-state index contributed by atoms with van der Waals surface area (Å²) in [6, 6.07) is 32.4. The van der Waals surface area contributed by atoms with E-state index < -0.39 is 0 Å². The van der Waals surface area contributed by atoms with Crippen molar-refractivity contribution in [3.63, 3.8) is 0 Å². The summed E-state index contributed by atoms with van der Waals surface area (Å²) in [6.07, 6.45) is 21.5. The van der Waals surface area contributed by atoms with Gasteiger partial charge in [-0.3, -0.25) is 0 Å². The molecule has 0 saturated carbocycles. The van der Waals surface area contributed by atoms with Gasteiger partial charge in [-0.2, -0.15) is 0 Å². The van der Waals surface area contributed by atoms with Crippen LogP contribution in [0.4, 0.5) is 0 Å². The first kappa shape index (κ1) is 32.0. The van der Waals surface area contributed by atoms with E-state index in [1.807, 2.05) is 30.4 Å². The summed E-state index contributed by atoms with van der Waals surface area (Å²) in [7, 11) is 0. The van der Waals surface area contributed by atoms with E-state index in [4.69, 9.17) is 8.83 Å². The average Bonchev–Trinajstić information content (AvgIpc) is 3.79. The third-order valence-corrected chi connectivity index (χ3v) is 11.6. The second kappa shape index (κ2) is 12.5. The molecule has 10 rings (SSSR count). The number of furan rings is 2. The molecule has 0 spiro atoms. The number of hydrogen-bond donors (Lipinski definition) is 0. The van der Waals surface area contributed by atoms with Gasteiger partial charge in [-0.15, -0.1) is 13.2 Å². The second-order valence-corrected chi connectivity index (χ2v) is 14.4. The molecule has 6 aromatic carbocycles. The van der Waals surface area contributed by atoms with Crippen molar-refractivity contribution < 1.29 is 8.83 Å². The van der Waals surface area contributed by atoms with E-state index >= 15 is 0 Å². The van der Waals surface area contributed by atoms with Crippen molar-refractivity contribution in [1.29, 1.82) is 0 Å². The van der Waals surface area contributed by atoms with E-state index in [1.165, 1.54) is 27.1 Å². The summed E-state index contributed by atoms with van der Waals surface area (Å²) in [6.45, 7) is 17.1. The van der Waals surface area contributed by atoms with Crippen LogP contribution in [0.3, 0.4) is 0 Å². The van der Waals surface area contributed by atoms with Crippen LogP contribution in [-0.4, -0.2) is 0 Å². The molecule has 8 aromatic rings. The molecule has 54 heavy (non-hydrogen) atoms. The Morgan fingerprint density at radius 1 is 0.556 bits per heavy atom. The predicted molar refractivity (Wildman–Crippen MR) is 231 cm³/mol. The third-order valence-electron chi connectivity index (χ3n) is 11.6. The van der Waals surface area contributed by atoms with E-state index in [1.54, 1.807) is 0 Å². The maximum Gasteiger partial charge on any atom is 0.136 e. The zero-order valence-electron chi connectivity index (χ0n) is 30.1. The Labute approximate surface area is 314 Å². The highest BCUT2D eigenvalue weighted by molar-refractivity contribution is 6.22. The quantitative estimate of drug-likeness (QED) is 0.155. The molecule has 0 aliphatic heterocycles. The second-order valence-electron chi connectivity index (χ2n) is 14.4. The van der Waals surface area contributed by atoms with Crippen LogP contribution in [0.5, 0.6) is 0 Å². The lowest BCUT2D eigenvalue weighted by Gasteiger charge is -2.29. The molecule has 0 saturated heterocycles.